The van der Waals surface area contributed by atoms with Gasteiger partial charge < -0.3 is 24.2 Å². The van der Waals surface area contributed by atoms with Gasteiger partial charge in [-0.05, 0) is 103 Å². The lowest BCUT2D eigenvalue weighted by atomic mass is 10.1. The second-order valence-corrected chi connectivity index (χ2v) is 19.1. The quantitative estimate of drug-likeness (QED) is 0.0197. The van der Waals surface area contributed by atoms with E-state index in [1.165, 1.54) is 6.42 Å². The van der Waals surface area contributed by atoms with Crippen LogP contribution in [-0.2, 0) is 42.2 Å². The minimum atomic E-state index is -4.78. The summed E-state index contributed by atoms with van der Waals surface area (Å²) in [5.74, 6) is -1.66. The molecule has 0 aromatic rings. The van der Waals surface area contributed by atoms with E-state index in [-0.39, 0.29) is 25.9 Å². The molecule has 0 rings (SSSR count). The maximum Gasteiger partial charge on any atom is 0.472 e. The van der Waals surface area contributed by atoms with Crippen molar-refractivity contribution in [1.82, 2.24) is 0 Å². The second-order valence-electron chi connectivity index (χ2n) is 17.6. The molecular formula is C60H97O11P. The van der Waals surface area contributed by atoms with Crippen LogP contribution in [0.4, 0.5) is 0 Å². The second kappa shape index (κ2) is 53.2. The van der Waals surface area contributed by atoms with Crippen LogP contribution < -0.4 is 0 Å². The van der Waals surface area contributed by atoms with Crippen LogP contribution in [0.5, 0.6) is 0 Å². The number of unbranched alkanes of at least 4 members (excludes halogenated alkanes) is 13. The third-order valence-electron chi connectivity index (χ3n) is 10.9. The molecule has 2 N–H and O–H groups in total. The molecule has 3 unspecified atom stereocenters. The molecule has 0 saturated heterocycles. The average molecular weight is 1030 g/mol. The molecule has 3 atom stereocenters. The Hall–Kier alpha value is -4.12. The Morgan fingerprint density at radius 2 is 0.778 bits per heavy atom. The summed E-state index contributed by atoms with van der Waals surface area (Å²) in [7, 11) is -4.78. The van der Waals surface area contributed by atoms with Crippen LogP contribution in [-0.4, -0.2) is 66.5 Å². The van der Waals surface area contributed by atoms with Gasteiger partial charge in [-0.3, -0.25) is 23.4 Å². The summed E-state index contributed by atoms with van der Waals surface area (Å²) in [5.41, 5.74) is 0. The zero-order chi connectivity index (χ0) is 52.7. The van der Waals surface area contributed by atoms with Crippen molar-refractivity contribution in [3.63, 3.8) is 0 Å². The zero-order valence-electron chi connectivity index (χ0n) is 44.8. The van der Waals surface area contributed by atoms with Crippen molar-refractivity contribution < 1.29 is 52.2 Å². The maximum atomic E-state index is 12.9. The molecular weight excluding hydrogens is 928 g/mol. The predicted octanol–water partition coefficient (Wildman–Crippen LogP) is 16.0. The molecule has 11 nitrogen and oxygen atoms in total. The third-order valence-corrected chi connectivity index (χ3v) is 11.8. The lowest BCUT2D eigenvalue weighted by Crippen LogP contribution is -2.30. The first kappa shape index (κ1) is 67.9. The number of aliphatic hydroxyl groups is 1. The number of hydrogen-bond acceptors (Lipinski definition) is 10. The molecule has 0 bridgehead atoms. The number of carbonyl (C=O) groups is 3. The first-order valence-corrected chi connectivity index (χ1v) is 28.9. The van der Waals surface area contributed by atoms with E-state index in [9.17, 15) is 28.9 Å². The Morgan fingerprint density at radius 1 is 0.417 bits per heavy atom. The van der Waals surface area contributed by atoms with Gasteiger partial charge in [0.05, 0.1) is 26.2 Å². The molecule has 0 aliphatic carbocycles. The fourth-order valence-electron chi connectivity index (χ4n) is 6.78. The summed E-state index contributed by atoms with van der Waals surface area (Å²) in [6, 6.07) is 0. The Labute approximate surface area is 437 Å². The van der Waals surface area contributed by atoms with Crippen LogP contribution in [0.1, 0.15) is 201 Å². The lowest BCUT2D eigenvalue weighted by Gasteiger charge is -2.21. The Bertz CT molecular complexity index is 1670. The monoisotopic (exact) mass is 1020 g/mol. The number of ether oxygens (including phenoxy) is 3. The van der Waals surface area contributed by atoms with Crippen molar-refractivity contribution in [2.45, 2.75) is 213 Å². The molecule has 408 valence electrons. The molecule has 0 aliphatic heterocycles. The SMILES string of the molecule is CC/C=C\C/C=C\C/C=C\C/C=C\C/C=C\CC(=O)OC(COC(=O)CCCCCCCCC/C=C\C/C=C\C/C=C\CC)COP(=O)(O)OCC(CO)OC(=O)CCCCCCC/C=C\C/C=C\CCC. The van der Waals surface area contributed by atoms with Gasteiger partial charge in [0.25, 0.3) is 0 Å². The maximum absolute atomic E-state index is 12.9. The predicted molar refractivity (Wildman–Crippen MR) is 297 cm³/mol. The van der Waals surface area contributed by atoms with Crippen LogP contribution >= 0.6 is 7.82 Å². The molecule has 72 heavy (non-hydrogen) atoms. The van der Waals surface area contributed by atoms with E-state index < -0.39 is 57.8 Å². The van der Waals surface area contributed by atoms with Gasteiger partial charge >= 0.3 is 25.7 Å². The highest BCUT2D eigenvalue weighted by Gasteiger charge is 2.28. The van der Waals surface area contributed by atoms with Gasteiger partial charge in [0, 0.05) is 12.8 Å². The van der Waals surface area contributed by atoms with Gasteiger partial charge in [-0.25, -0.2) is 4.57 Å². The highest BCUT2D eigenvalue weighted by atomic mass is 31.2. The lowest BCUT2D eigenvalue weighted by molar-refractivity contribution is -0.160. The van der Waals surface area contributed by atoms with E-state index in [2.05, 4.69) is 118 Å². The van der Waals surface area contributed by atoms with Gasteiger partial charge in [-0.1, -0.05) is 200 Å². The fourth-order valence-corrected chi connectivity index (χ4v) is 7.56. The van der Waals surface area contributed by atoms with E-state index in [1.807, 2.05) is 18.2 Å². The van der Waals surface area contributed by atoms with E-state index in [1.54, 1.807) is 6.08 Å². The topological polar surface area (TPSA) is 155 Å². The molecule has 0 radical (unpaired) electrons. The van der Waals surface area contributed by atoms with Crippen molar-refractivity contribution in [2.75, 3.05) is 26.4 Å². The van der Waals surface area contributed by atoms with E-state index in [4.69, 9.17) is 23.3 Å². The Balaban J connectivity index is 4.88. The molecule has 0 spiro atoms. The number of carbonyl (C=O) groups excluding carboxylic acids is 3. The normalized spacial score (nSPS) is 14.3. The summed E-state index contributed by atoms with van der Waals surface area (Å²) >= 11 is 0. The van der Waals surface area contributed by atoms with Crippen molar-refractivity contribution >= 4 is 25.7 Å². The summed E-state index contributed by atoms with van der Waals surface area (Å²) < 4.78 is 39.3. The van der Waals surface area contributed by atoms with Crippen LogP contribution in [0.3, 0.4) is 0 Å². The first-order chi connectivity index (χ1) is 35.2. The van der Waals surface area contributed by atoms with Crippen molar-refractivity contribution in [1.29, 1.82) is 0 Å². The Kier molecular flexibility index (Phi) is 50.1. The summed E-state index contributed by atoms with van der Waals surface area (Å²) in [5, 5.41) is 9.79. The number of phosphoric ester groups is 1. The third kappa shape index (κ3) is 50.8. The van der Waals surface area contributed by atoms with Crippen molar-refractivity contribution in [3.8, 4) is 0 Å². The first-order valence-electron chi connectivity index (χ1n) is 27.4. The Morgan fingerprint density at radius 3 is 1.22 bits per heavy atom. The van der Waals surface area contributed by atoms with Crippen LogP contribution in [0, 0.1) is 0 Å². The number of hydrogen-bond donors (Lipinski definition) is 2. The van der Waals surface area contributed by atoms with Gasteiger partial charge in [-0.2, -0.15) is 0 Å². The summed E-state index contributed by atoms with van der Waals surface area (Å²) in [6.07, 6.45) is 64.8. The van der Waals surface area contributed by atoms with Crippen molar-refractivity contribution in [2.24, 2.45) is 0 Å². The number of esters is 3. The van der Waals surface area contributed by atoms with Crippen LogP contribution in [0.2, 0.25) is 0 Å². The number of rotatable bonds is 49. The van der Waals surface area contributed by atoms with Crippen molar-refractivity contribution in [3.05, 3.63) is 122 Å². The average Bonchev–Trinajstić information content (AvgIpc) is 3.37. The number of phosphoric acid groups is 1. The summed E-state index contributed by atoms with van der Waals surface area (Å²) in [4.78, 5) is 48.4. The number of aliphatic hydroxyl groups excluding tert-OH is 1. The molecule has 0 heterocycles. The minimum absolute atomic E-state index is 0.0738. The molecule has 0 aromatic carbocycles. The standard InChI is InChI=1S/C60H97O11P/c1-4-7-10-13-16-19-22-25-27-28-30-32-34-37-40-43-46-49-58(62)67-53-57(71-60(64)51-48-45-42-39-36-33-29-26-23-20-17-14-11-8-5-2)55-69-72(65,66)68-54-56(52-61)70-59(63)50-47-44-41-38-35-31-24-21-18-15-12-9-6-3/h7-8,10-12,15-17,19-21,24-27,29,36,39,45,48,56-57,61H,4-6,9,13-14,18,22-23,28,30-35,37-38,40-44,46-47,49-55H2,1-3H3,(H,65,66)/b10-7-,11-8-,15-12-,19-16-,20-17-,24-21-,27-25-,29-26-,39-36-,48-45-. The smallest absolute Gasteiger partial charge is 0.462 e. The van der Waals surface area contributed by atoms with Gasteiger partial charge in [0.15, 0.2) is 6.10 Å². The highest BCUT2D eigenvalue weighted by molar-refractivity contribution is 7.47. The zero-order valence-corrected chi connectivity index (χ0v) is 45.7. The molecule has 0 saturated carbocycles. The molecule has 12 heteroatoms. The molecule has 0 aromatic heterocycles. The van der Waals surface area contributed by atoms with Crippen LogP contribution in [0.25, 0.3) is 0 Å². The molecule has 0 aliphatic rings. The largest absolute Gasteiger partial charge is 0.472 e. The van der Waals surface area contributed by atoms with E-state index >= 15 is 0 Å². The van der Waals surface area contributed by atoms with E-state index in [0.717, 1.165) is 135 Å². The fraction of sp³-hybridized carbons (Fsp3) is 0.617. The molecule has 0 amide bonds. The van der Waals surface area contributed by atoms with Gasteiger partial charge in [-0.15, -0.1) is 0 Å². The minimum Gasteiger partial charge on any atom is -0.462 e. The molecule has 0 fully saturated rings. The van der Waals surface area contributed by atoms with Crippen LogP contribution in [0.15, 0.2) is 122 Å². The van der Waals surface area contributed by atoms with E-state index in [0.29, 0.717) is 19.3 Å². The highest BCUT2D eigenvalue weighted by Crippen LogP contribution is 2.43. The summed E-state index contributed by atoms with van der Waals surface area (Å²) in [6.45, 7) is 4.19. The van der Waals surface area contributed by atoms with Gasteiger partial charge in [0.2, 0.25) is 0 Å². The number of allylic oxidation sites excluding steroid dienone is 19. The van der Waals surface area contributed by atoms with Gasteiger partial charge in [0.1, 0.15) is 12.7 Å².